The van der Waals surface area contributed by atoms with E-state index in [2.05, 4.69) is 15.3 Å². The van der Waals surface area contributed by atoms with Gasteiger partial charge < -0.3 is 5.73 Å². The molecule has 0 saturated heterocycles. The molecular weight excluding hydrogens is 275 g/mol. The average Bonchev–Trinajstić information content (AvgIpc) is 2.28. The van der Waals surface area contributed by atoms with E-state index in [9.17, 15) is 4.79 Å². The van der Waals surface area contributed by atoms with Crippen molar-refractivity contribution in [2.24, 2.45) is 0 Å². The molecule has 0 aliphatic rings. The maximum Gasteiger partial charge on any atom is 0.259 e. The van der Waals surface area contributed by atoms with Crippen LogP contribution in [-0.2, 0) is 0 Å². The van der Waals surface area contributed by atoms with Crippen LogP contribution in [0.1, 0.15) is 10.4 Å². The molecule has 0 fully saturated rings. The van der Waals surface area contributed by atoms with E-state index in [1.165, 1.54) is 24.4 Å². The lowest BCUT2D eigenvalue weighted by molar-refractivity contribution is 0.102. The highest BCUT2D eigenvalue weighted by atomic mass is 35.5. The van der Waals surface area contributed by atoms with Crippen molar-refractivity contribution in [1.29, 1.82) is 0 Å². The second-order valence-electron chi connectivity index (χ2n) is 3.40. The van der Waals surface area contributed by atoms with Crippen molar-refractivity contribution < 1.29 is 4.79 Å². The lowest BCUT2D eigenvalue weighted by Crippen LogP contribution is -2.14. The fourth-order valence-electron chi connectivity index (χ4n) is 1.28. The second-order valence-corrected chi connectivity index (χ2v) is 4.19. The first-order chi connectivity index (χ1) is 8.56. The summed E-state index contributed by atoms with van der Waals surface area (Å²) >= 11 is 11.6. The molecule has 0 radical (unpaired) electrons. The molecule has 0 aliphatic carbocycles. The minimum Gasteiger partial charge on any atom is -0.399 e. The first-order valence-corrected chi connectivity index (χ1v) is 5.67. The molecule has 0 aliphatic heterocycles. The molecule has 0 unspecified atom stereocenters. The van der Waals surface area contributed by atoms with E-state index in [1.54, 1.807) is 6.07 Å². The number of hydrogen-bond acceptors (Lipinski definition) is 4. The molecule has 3 N–H and O–H groups in total. The van der Waals surface area contributed by atoms with Gasteiger partial charge in [-0.3, -0.25) is 10.1 Å². The lowest BCUT2D eigenvalue weighted by Gasteiger charge is -2.05. The van der Waals surface area contributed by atoms with Gasteiger partial charge in [-0.25, -0.2) is 9.97 Å². The van der Waals surface area contributed by atoms with Crippen LogP contribution in [0, 0.1) is 0 Å². The predicted molar refractivity (Wildman–Crippen MR) is 70.9 cm³/mol. The van der Waals surface area contributed by atoms with Crippen molar-refractivity contribution in [3.05, 3.63) is 46.2 Å². The van der Waals surface area contributed by atoms with Gasteiger partial charge in [0.05, 0.1) is 10.6 Å². The number of aromatic nitrogens is 2. The number of anilines is 2. The summed E-state index contributed by atoms with van der Waals surface area (Å²) in [7, 11) is 0. The van der Waals surface area contributed by atoms with E-state index < -0.39 is 5.91 Å². The highest BCUT2D eigenvalue weighted by Gasteiger charge is 2.12. The van der Waals surface area contributed by atoms with Crippen LogP contribution in [0.25, 0.3) is 0 Å². The number of rotatable bonds is 2. The van der Waals surface area contributed by atoms with Crippen LogP contribution in [0.4, 0.5) is 11.6 Å². The largest absolute Gasteiger partial charge is 0.399 e. The first kappa shape index (κ1) is 12.6. The summed E-state index contributed by atoms with van der Waals surface area (Å²) in [4.78, 5) is 19.6. The van der Waals surface area contributed by atoms with Crippen LogP contribution >= 0.6 is 23.2 Å². The Morgan fingerprint density at radius 2 is 2.06 bits per heavy atom. The van der Waals surface area contributed by atoms with Gasteiger partial charge in [0.1, 0.15) is 5.15 Å². The molecule has 1 aromatic carbocycles. The Balaban J connectivity index is 2.22. The van der Waals surface area contributed by atoms with Gasteiger partial charge in [-0.1, -0.05) is 23.2 Å². The van der Waals surface area contributed by atoms with Gasteiger partial charge in [-0.2, -0.15) is 0 Å². The first-order valence-electron chi connectivity index (χ1n) is 4.91. The van der Waals surface area contributed by atoms with E-state index in [0.717, 1.165) is 0 Å². The maximum absolute atomic E-state index is 11.9. The van der Waals surface area contributed by atoms with E-state index in [4.69, 9.17) is 28.9 Å². The molecule has 0 bridgehead atoms. The molecule has 1 aromatic heterocycles. The monoisotopic (exact) mass is 282 g/mol. The number of carbonyl (C=O) groups excluding carboxylic acids is 1. The van der Waals surface area contributed by atoms with Crippen LogP contribution in [0.3, 0.4) is 0 Å². The van der Waals surface area contributed by atoms with Crippen LogP contribution in [0.2, 0.25) is 10.2 Å². The van der Waals surface area contributed by atoms with Gasteiger partial charge in [0.2, 0.25) is 5.95 Å². The van der Waals surface area contributed by atoms with Gasteiger partial charge in [0.15, 0.2) is 0 Å². The average molecular weight is 283 g/mol. The summed E-state index contributed by atoms with van der Waals surface area (Å²) in [5.41, 5.74) is 6.31. The minimum atomic E-state index is -0.428. The SMILES string of the molecule is Nc1ccc(C(=O)Nc2nccc(Cl)n2)c(Cl)c1. The van der Waals surface area contributed by atoms with Crippen molar-refractivity contribution in [2.45, 2.75) is 0 Å². The third-order valence-electron chi connectivity index (χ3n) is 2.08. The van der Waals surface area contributed by atoms with Gasteiger partial charge in [0, 0.05) is 11.9 Å². The molecule has 2 aromatic rings. The summed E-state index contributed by atoms with van der Waals surface area (Å²) in [5.74, 6) is -0.317. The quantitative estimate of drug-likeness (QED) is 0.655. The summed E-state index contributed by atoms with van der Waals surface area (Å²) in [6.45, 7) is 0. The maximum atomic E-state index is 11.9. The smallest absolute Gasteiger partial charge is 0.259 e. The minimum absolute atomic E-state index is 0.111. The van der Waals surface area contributed by atoms with Crippen molar-refractivity contribution in [3.8, 4) is 0 Å². The van der Waals surface area contributed by atoms with Gasteiger partial charge in [0.25, 0.3) is 5.91 Å². The Morgan fingerprint density at radius 3 is 2.72 bits per heavy atom. The molecule has 2 rings (SSSR count). The number of halogens is 2. The van der Waals surface area contributed by atoms with Crippen LogP contribution in [0.15, 0.2) is 30.5 Å². The number of amides is 1. The number of nitrogen functional groups attached to an aromatic ring is 1. The summed E-state index contributed by atoms with van der Waals surface area (Å²) in [6.07, 6.45) is 1.44. The number of nitrogens with one attached hydrogen (secondary N) is 1. The van der Waals surface area contributed by atoms with Gasteiger partial charge >= 0.3 is 0 Å². The molecule has 1 heterocycles. The zero-order valence-electron chi connectivity index (χ0n) is 9.02. The molecule has 0 spiro atoms. The highest BCUT2D eigenvalue weighted by Crippen LogP contribution is 2.20. The molecule has 5 nitrogen and oxygen atoms in total. The fraction of sp³-hybridized carbons (Fsp3) is 0. The number of hydrogen-bond donors (Lipinski definition) is 2. The predicted octanol–water partition coefficient (Wildman–Crippen LogP) is 2.62. The van der Waals surface area contributed by atoms with E-state index in [-0.39, 0.29) is 21.7 Å². The third-order valence-corrected chi connectivity index (χ3v) is 2.61. The highest BCUT2D eigenvalue weighted by molar-refractivity contribution is 6.34. The zero-order chi connectivity index (χ0) is 13.1. The van der Waals surface area contributed by atoms with Gasteiger partial charge in [-0.05, 0) is 24.3 Å². The Bertz CT molecular complexity index is 603. The van der Waals surface area contributed by atoms with Crippen LogP contribution < -0.4 is 11.1 Å². The second kappa shape index (κ2) is 5.20. The molecular formula is C11H8Cl2N4O. The van der Waals surface area contributed by atoms with Crippen LogP contribution in [0.5, 0.6) is 0 Å². The van der Waals surface area contributed by atoms with Crippen molar-refractivity contribution in [2.75, 3.05) is 11.1 Å². The molecule has 92 valence electrons. The van der Waals surface area contributed by atoms with E-state index >= 15 is 0 Å². The number of nitrogens with zero attached hydrogens (tertiary/aromatic N) is 2. The number of benzene rings is 1. The molecule has 7 heteroatoms. The molecule has 0 atom stereocenters. The van der Waals surface area contributed by atoms with E-state index in [1.807, 2.05) is 0 Å². The van der Waals surface area contributed by atoms with Crippen molar-refractivity contribution in [1.82, 2.24) is 9.97 Å². The normalized spacial score (nSPS) is 10.1. The molecule has 0 saturated carbocycles. The van der Waals surface area contributed by atoms with Crippen molar-refractivity contribution >= 4 is 40.7 Å². The Morgan fingerprint density at radius 1 is 1.28 bits per heavy atom. The Kier molecular flexibility index (Phi) is 3.64. The number of nitrogens with two attached hydrogens (primary N) is 1. The topological polar surface area (TPSA) is 80.9 Å². The summed E-state index contributed by atoms with van der Waals surface area (Å²) in [5, 5.41) is 2.99. The van der Waals surface area contributed by atoms with Crippen LogP contribution in [-0.4, -0.2) is 15.9 Å². The third kappa shape index (κ3) is 2.88. The standard InChI is InChI=1S/C11H8Cl2N4O/c12-8-5-6(14)1-2-7(8)10(18)17-11-15-4-3-9(13)16-11/h1-5H,14H2,(H,15,16,17,18). The molecule has 1 amide bonds. The summed E-state index contributed by atoms with van der Waals surface area (Å²) < 4.78 is 0. The number of carbonyl (C=O) groups is 1. The molecule has 18 heavy (non-hydrogen) atoms. The Labute approximate surface area is 113 Å². The lowest BCUT2D eigenvalue weighted by atomic mass is 10.2. The van der Waals surface area contributed by atoms with Gasteiger partial charge in [-0.15, -0.1) is 0 Å². The van der Waals surface area contributed by atoms with Crippen molar-refractivity contribution in [3.63, 3.8) is 0 Å². The fourth-order valence-corrected chi connectivity index (χ4v) is 1.69. The zero-order valence-corrected chi connectivity index (χ0v) is 10.5. The van der Waals surface area contributed by atoms with E-state index in [0.29, 0.717) is 5.69 Å². The Hall–Kier alpha value is -1.85. The summed E-state index contributed by atoms with van der Waals surface area (Å²) in [6, 6.07) is 6.11.